The minimum atomic E-state index is -0.312. The van der Waals surface area contributed by atoms with Crippen LogP contribution in [0.5, 0.6) is 0 Å². The highest BCUT2D eigenvalue weighted by atomic mass is 16.4. The first-order valence-electron chi connectivity index (χ1n) is 5.90. The summed E-state index contributed by atoms with van der Waals surface area (Å²) < 4.78 is 0. The maximum Gasteiger partial charge on any atom is 0.254 e. The van der Waals surface area contributed by atoms with E-state index in [1.165, 1.54) is 15.9 Å². The van der Waals surface area contributed by atoms with Crippen LogP contribution in [0.25, 0.3) is 0 Å². The number of hydrogen-bond acceptors (Lipinski definition) is 4. The maximum atomic E-state index is 12.2. The van der Waals surface area contributed by atoms with Crippen molar-refractivity contribution in [2.45, 2.75) is 0 Å². The van der Waals surface area contributed by atoms with Crippen molar-refractivity contribution in [3.05, 3.63) is 35.4 Å². The van der Waals surface area contributed by atoms with Crippen molar-refractivity contribution >= 4 is 17.6 Å². The van der Waals surface area contributed by atoms with Crippen molar-refractivity contribution in [3.63, 3.8) is 0 Å². The van der Waals surface area contributed by atoms with E-state index in [0.29, 0.717) is 11.1 Å². The van der Waals surface area contributed by atoms with Gasteiger partial charge in [-0.25, -0.2) is 0 Å². The van der Waals surface area contributed by atoms with Gasteiger partial charge in [-0.1, -0.05) is 17.3 Å². The number of hydrogen-bond donors (Lipinski definition) is 2. The molecule has 0 saturated carbocycles. The summed E-state index contributed by atoms with van der Waals surface area (Å²) in [4.78, 5) is 26.5. The Morgan fingerprint density at radius 2 is 1.85 bits per heavy atom. The van der Waals surface area contributed by atoms with Gasteiger partial charge < -0.3 is 20.7 Å². The van der Waals surface area contributed by atoms with Crippen LogP contribution in [0.4, 0.5) is 0 Å². The zero-order valence-electron chi connectivity index (χ0n) is 11.7. The Hall–Kier alpha value is -2.57. The van der Waals surface area contributed by atoms with Gasteiger partial charge in [0.25, 0.3) is 5.91 Å². The quantitative estimate of drug-likeness (QED) is 0.349. The smallest absolute Gasteiger partial charge is 0.254 e. The molecule has 0 radical (unpaired) electrons. The number of oxime groups is 1. The van der Waals surface area contributed by atoms with E-state index in [2.05, 4.69) is 5.16 Å². The van der Waals surface area contributed by atoms with Crippen molar-refractivity contribution in [1.29, 1.82) is 0 Å². The molecule has 1 aromatic rings. The van der Waals surface area contributed by atoms with E-state index in [4.69, 9.17) is 10.9 Å². The van der Waals surface area contributed by atoms with E-state index in [0.717, 1.165) is 0 Å². The number of rotatable bonds is 4. The Morgan fingerprint density at radius 3 is 2.40 bits per heavy atom. The molecule has 1 rings (SSSR count). The fraction of sp³-hybridized carbons (Fsp3) is 0.308. The average Bonchev–Trinajstić information content (AvgIpc) is 2.45. The predicted molar refractivity (Wildman–Crippen MR) is 74.6 cm³/mol. The minimum Gasteiger partial charge on any atom is -0.409 e. The summed E-state index contributed by atoms with van der Waals surface area (Å²) in [6, 6.07) is 6.36. The van der Waals surface area contributed by atoms with Crippen molar-refractivity contribution in [1.82, 2.24) is 9.80 Å². The lowest BCUT2D eigenvalue weighted by Crippen LogP contribution is -2.37. The Balaban J connectivity index is 2.89. The number of nitrogens with two attached hydrogens (primary N) is 1. The number of carbonyl (C=O) groups is 2. The van der Waals surface area contributed by atoms with Gasteiger partial charge in [0.2, 0.25) is 5.91 Å². The molecule has 1 aromatic carbocycles. The molecular weight excluding hydrogens is 260 g/mol. The first kappa shape index (κ1) is 15.5. The lowest BCUT2D eigenvalue weighted by molar-refractivity contribution is -0.129. The van der Waals surface area contributed by atoms with Crippen LogP contribution in [0.1, 0.15) is 15.9 Å². The molecule has 0 unspecified atom stereocenters. The molecule has 3 N–H and O–H groups in total. The molecule has 2 amide bonds. The van der Waals surface area contributed by atoms with Gasteiger partial charge in [-0.3, -0.25) is 9.59 Å². The molecule has 0 aromatic heterocycles. The van der Waals surface area contributed by atoms with Gasteiger partial charge in [0.1, 0.15) is 0 Å². The molecule has 0 aliphatic carbocycles. The molecule has 0 atom stereocenters. The molecular formula is C13H18N4O3. The highest BCUT2D eigenvalue weighted by molar-refractivity contribution is 6.01. The van der Waals surface area contributed by atoms with Crippen LogP contribution >= 0.6 is 0 Å². The van der Waals surface area contributed by atoms with Crippen molar-refractivity contribution < 1.29 is 14.8 Å². The van der Waals surface area contributed by atoms with Crippen LogP contribution in [0, 0.1) is 0 Å². The lowest BCUT2D eigenvalue weighted by atomic mass is 10.1. The summed E-state index contributed by atoms with van der Waals surface area (Å²) >= 11 is 0. The highest BCUT2D eigenvalue weighted by Gasteiger charge is 2.16. The van der Waals surface area contributed by atoms with Crippen LogP contribution in [0.3, 0.4) is 0 Å². The zero-order chi connectivity index (χ0) is 15.3. The van der Waals surface area contributed by atoms with Gasteiger partial charge in [0.05, 0.1) is 6.54 Å². The van der Waals surface area contributed by atoms with Gasteiger partial charge in [0.15, 0.2) is 5.84 Å². The second kappa shape index (κ2) is 6.55. The van der Waals surface area contributed by atoms with E-state index in [1.807, 2.05) is 0 Å². The Kier molecular flexibility index (Phi) is 5.08. The fourth-order valence-electron chi connectivity index (χ4n) is 1.51. The topological polar surface area (TPSA) is 99.2 Å². The van der Waals surface area contributed by atoms with E-state index in [9.17, 15) is 9.59 Å². The second-order valence-electron chi connectivity index (χ2n) is 4.52. The number of nitrogens with zero attached hydrogens (tertiary/aromatic N) is 3. The molecule has 7 heteroatoms. The maximum absolute atomic E-state index is 12.2. The van der Waals surface area contributed by atoms with Crippen molar-refractivity contribution in [3.8, 4) is 0 Å². The zero-order valence-corrected chi connectivity index (χ0v) is 11.7. The number of amidine groups is 1. The van der Waals surface area contributed by atoms with E-state index >= 15 is 0 Å². The van der Waals surface area contributed by atoms with Crippen LogP contribution < -0.4 is 5.73 Å². The molecule has 20 heavy (non-hydrogen) atoms. The molecule has 0 aliphatic rings. The van der Waals surface area contributed by atoms with Crippen LogP contribution in [0.15, 0.2) is 29.4 Å². The molecule has 0 aliphatic heterocycles. The van der Waals surface area contributed by atoms with Crippen LogP contribution in [-0.2, 0) is 4.79 Å². The number of carbonyl (C=O) groups excluding carboxylic acids is 2. The van der Waals surface area contributed by atoms with Gasteiger partial charge >= 0.3 is 0 Å². The molecule has 0 bridgehead atoms. The third-order valence-corrected chi connectivity index (χ3v) is 2.73. The summed E-state index contributed by atoms with van der Waals surface area (Å²) in [5.41, 5.74) is 6.27. The van der Waals surface area contributed by atoms with Crippen LogP contribution in [-0.4, -0.2) is 60.3 Å². The van der Waals surface area contributed by atoms with Gasteiger partial charge in [-0.05, 0) is 12.1 Å². The van der Waals surface area contributed by atoms with Crippen molar-refractivity contribution in [2.75, 3.05) is 27.7 Å². The summed E-state index contributed by atoms with van der Waals surface area (Å²) in [6.45, 7) is -0.0143. The van der Waals surface area contributed by atoms with E-state index < -0.39 is 0 Å². The third-order valence-electron chi connectivity index (χ3n) is 2.73. The van der Waals surface area contributed by atoms with Gasteiger partial charge in [0, 0.05) is 32.3 Å². The number of amides is 2. The van der Waals surface area contributed by atoms with E-state index in [-0.39, 0.29) is 24.2 Å². The van der Waals surface area contributed by atoms with Crippen molar-refractivity contribution in [2.24, 2.45) is 10.9 Å². The molecule has 7 nitrogen and oxygen atoms in total. The Bertz CT molecular complexity index is 540. The lowest BCUT2D eigenvalue weighted by Gasteiger charge is -2.19. The first-order valence-corrected chi connectivity index (χ1v) is 5.90. The summed E-state index contributed by atoms with van der Waals surface area (Å²) in [5.74, 6) is -0.562. The summed E-state index contributed by atoms with van der Waals surface area (Å²) in [7, 11) is 4.79. The van der Waals surface area contributed by atoms with E-state index in [1.54, 1.807) is 39.3 Å². The highest BCUT2D eigenvalue weighted by Crippen LogP contribution is 2.08. The first-order chi connectivity index (χ1) is 9.36. The second-order valence-corrected chi connectivity index (χ2v) is 4.52. The molecule has 0 saturated heterocycles. The third kappa shape index (κ3) is 3.71. The van der Waals surface area contributed by atoms with Gasteiger partial charge in [-0.15, -0.1) is 0 Å². The standard InChI is InChI=1S/C13H18N4O3/c1-16(2)11(18)8-17(3)13(19)10-6-4-5-9(7-10)12(14)15-20/h4-7,20H,8H2,1-3H3,(H2,14,15). The molecule has 108 valence electrons. The summed E-state index contributed by atoms with van der Waals surface area (Å²) in [5, 5.41) is 11.5. The molecule has 0 heterocycles. The predicted octanol–water partition coefficient (Wildman–Crippen LogP) is -0.0587. The Labute approximate surface area is 117 Å². The fourth-order valence-corrected chi connectivity index (χ4v) is 1.51. The monoisotopic (exact) mass is 278 g/mol. The normalized spacial score (nSPS) is 11.1. The summed E-state index contributed by atoms with van der Waals surface area (Å²) in [6.07, 6.45) is 0. The Morgan fingerprint density at radius 1 is 1.25 bits per heavy atom. The SMILES string of the molecule is CN(C)C(=O)CN(C)C(=O)c1cccc(/C(N)=N/O)c1. The minimum absolute atomic E-state index is 0.0143. The van der Waals surface area contributed by atoms with Crippen LogP contribution in [0.2, 0.25) is 0 Å². The molecule has 0 fully saturated rings. The largest absolute Gasteiger partial charge is 0.409 e. The number of likely N-dealkylation sites (N-methyl/N-ethyl adjacent to an activating group) is 2. The van der Waals surface area contributed by atoms with Gasteiger partial charge in [-0.2, -0.15) is 0 Å². The number of benzene rings is 1. The molecule has 0 spiro atoms. The average molecular weight is 278 g/mol.